The molecule has 0 aromatic rings. The fourth-order valence-corrected chi connectivity index (χ4v) is 2.57. The summed E-state index contributed by atoms with van der Waals surface area (Å²) < 4.78 is 0. The lowest BCUT2D eigenvalue weighted by atomic mass is 9.97. The number of likely N-dealkylation sites (tertiary alicyclic amines) is 2. The Morgan fingerprint density at radius 3 is 2.67 bits per heavy atom. The average Bonchev–Trinajstić information content (AvgIpc) is 2.64. The first-order valence-corrected chi connectivity index (χ1v) is 5.82. The highest BCUT2D eigenvalue weighted by Gasteiger charge is 2.31. The molecule has 1 N–H and O–H groups in total. The Labute approximate surface area is 90.9 Å². The Morgan fingerprint density at radius 1 is 1.27 bits per heavy atom. The summed E-state index contributed by atoms with van der Waals surface area (Å²) in [6, 6.07) is 0. The SMILES string of the molecule is CN1CCC[C@@H](C(=O)N2CC[C@@H](O)C2)C1. The van der Waals surface area contributed by atoms with Gasteiger partial charge in [0, 0.05) is 19.6 Å². The minimum Gasteiger partial charge on any atom is -0.391 e. The Balaban J connectivity index is 1.89. The zero-order valence-corrected chi connectivity index (χ0v) is 9.35. The monoisotopic (exact) mass is 212 g/mol. The summed E-state index contributed by atoms with van der Waals surface area (Å²) in [5, 5.41) is 9.39. The van der Waals surface area contributed by atoms with Gasteiger partial charge in [-0.05, 0) is 32.9 Å². The molecule has 15 heavy (non-hydrogen) atoms. The van der Waals surface area contributed by atoms with Crippen molar-refractivity contribution in [3.8, 4) is 0 Å². The molecule has 0 aromatic heterocycles. The summed E-state index contributed by atoms with van der Waals surface area (Å²) in [5.74, 6) is 0.409. The molecule has 1 amide bonds. The molecule has 2 aliphatic rings. The molecule has 2 rings (SSSR count). The van der Waals surface area contributed by atoms with E-state index in [9.17, 15) is 9.90 Å². The number of amides is 1. The zero-order valence-electron chi connectivity index (χ0n) is 9.35. The average molecular weight is 212 g/mol. The van der Waals surface area contributed by atoms with E-state index < -0.39 is 0 Å². The van der Waals surface area contributed by atoms with Gasteiger partial charge in [0.1, 0.15) is 0 Å². The Kier molecular flexibility index (Phi) is 3.26. The third kappa shape index (κ3) is 2.49. The Bertz CT molecular complexity index is 245. The molecular weight excluding hydrogens is 192 g/mol. The largest absolute Gasteiger partial charge is 0.391 e. The van der Waals surface area contributed by atoms with E-state index in [1.54, 1.807) is 0 Å². The van der Waals surface area contributed by atoms with Gasteiger partial charge in [0.2, 0.25) is 5.91 Å². The molecule has 2 atom stereocenters. The lowest BCUT2D eigenvalue weighted by molar-refractivity contribution is -0.136. The van der Waals surface area contributed by atoms with Crippen molar-refractivity contribution < 1.29 is 9.90 Å². The molecule has 0 radical (unpaired) electrons. The van der Waals surface area contributed by atoms with Crippen molar-refractivity contribution in [2.45, 2.75) is 25.4 Å². The van der Waals surface area contributed by atoms with Gasteiger partial charge < -0.3 is 14.9 Å². The molecule has 0 spiro atoms. The highest BCUT2D eigenvalue weighted by Crippen LogP contribution is 2.20. The van der Waals surface area contributed by atoms with Crippen LogP contribution in [0.25, 0.3) is 0 Å². The van der Waals surface area contributed by atoms with E-state index in [-0.39, 0.29) is 17.9 Å². The number of rotatable bonds is 1. The number of piperidine rings is 1. The van der Waals surface area contributed by atoms with Crippen molar-refractivity contribution in [2.75, 3.05) is 33.2 Å². The van der Waals surface area contributed by atoms with Crippen molar-refractivity contribution >= 4 is 5.91 Å². The third-order valence-electron chi connectivity index (χ3n) is 3.45. The van der Waals surface area contributed by atoms with Crippen LogP contribution in [0.15, 0.2) is 0 Å². The van der Waals surface area contributed by atoms with Gasteiger partial charge in [0.25, 0.3) is 0 Å². The standard InChI is InChI=1S/C11H20N2O2/c1-12-5-2-3-9(7-12)11(15)13-6-4-10(14)8-13/h9-10,14H,2-8H2,1H3/t9-,10-/m1/s1. The summed E-state index contributed by atoms with van der Waals surface area (Å²) in [4.78, 5) is 16.1. The number of hydrogen-bond acceptors (Lipinski definition) is 3. The molecule has 2 aliphatic heterocycles. The van der Waals surface area contributed by atoms with Gasteiger partial charge >= 0.3 is 0 Å². The normalized spacial score (nSPS) is 33.3. The van der Waals surface area contributed by atoms with Crippen LogP contribution in [0, 0.1) is 5.92 Å². The number of carbonyl (C=O) groups is 1. The zero-order chi connectivity index (χ0) is 10.8. The van der Waals surface area contributed by atoms with Gasteiger partial charge in [-0.1, -0.05) is 0 Å². The van der Waals surface area contributed by atoms with E-state index in [4.69, 9.17) is 0 Å². The first-order chi connectivity index (χ1) is 7.16. The lowest BCUT2D eigenvalue weighted by Gasteiger charge is -2.31. The Morgan fingerprint density at radius 2 is 2.07 bits per heavy atom. The summed E-state index contributed by atoms with van der Waals surface area (Å²) in [6.07, 6.45) is 2.57. The van der Waals surface area contributed by atoms with Crippen LogP contribution < -0.4 is 0 Å². The summed E-state index contributed by atoms with van der Waals surface area (Å²) in [6.45, 7) is 3.26. The maximum Gasteiger partial charge on any atom is 0.227 e. The highest BCUT2D eigenvalue weighted by atomic mass is 16.3. The number of β-amino-alcohol motifs (C(OH)–C–C–N with tert-alkyl or cyclic N) is 1. The summed E-state index contributed by atoms with van der Waals surface area (Å²) >= 11 is 0. The number of nitrogens with zero attached hydrogens (tertiary/aromatic N) is 2. The predicted octanol–water partition coefficient (Wildman–Crippen LogP) is -0.0786. The van der Waals surface area contributed by atoms with Crippen LogP contribution in [0.4, 0.5) is 0 Å². The second kappa shape index (κ2) is 4.49. The molecule has 2 fully saturated rings. The van der Waals surface area contributed by atoms with Gasteiger partial charge in [0.05, 0.1) is 12.0 Å². The van der Waals surface area contributed by atoms with Crippen molar-refractivity contribution in [2.24, 2.45) is 5.92 Å². The first-order valence-electron chi connectivity index (χ1n) is 5.82. The Hall–Kier alpha value is -0.610. The molecule has 4 heteroatoms. The van der Waals surface area contributed by atoms with E-state index in [0.29, 0.717) is 6.54 Å². The van der Waals surface area contributed by atoms with Gasteiger partial charge in [-0.15, -0.1) is 0 Å². The number of aliphatic hydroxyl groups is 1. The van der Waals surface area contributed by atoms with Gasteiger partial charge in [-0.25, -0.2) is 0 Å². The van der Waals surface area contributed by atoms with Gasteiger partial charge in [-0.3, -0.25) is 4.79 Å². The lowest BCUT2D eigenvalue weighted by Crippen LogP contribution is -2.43. The summed E-state index contributed by atoms with van der Waals surface area (Å²) in [5.41, 5.74) is 0. The van der Waals surface area contributed by atoms with E-state index in [2.05, 4.69) is 11.9 Å². The molecule has 4 nitrogen and oxygen atoms in total. The second-order valence-corrected chi connectivity index (χ2v) is 4.83. The maximum atomic E-state index is 12.1. The fraction of sp³-hybridized carbons (Fsp3) is 0.909. The van der Waals surface area contributed by atoms with Gasteiger partial charge in [0.15, 0.2) is 0 Å². The van der Waals surface area contributed by atoms with E-state index in [1.165, 1.54) is 0 Å². The van der Waals surface area contributed by atoms with Crippen molar-refractivity contribution in [3.05, 3.63) is 0 Å². The van der Waals surface area contributed by atoms with Gasteiger partial charge in [-0.2, -0.15) is 0 Å². The second-order valence-electron chi connectivity index (χ2n) is 4.83. The molecule has 0 saturated carbocycles. The number of hydrogen-bond donors (Lipinski definition) is 1. The first kappa shape index (κ1) is 10.9. The highest BCUT2D eigenvalue weighted by molar-refractivity contribution is 5.79. The molecule has 86 valence electrons. The molecule has 0 unspecified atom stereocenters. The topological polar surface area (TPSA) is 43.8 Å². The van der Waals surface area contributed by atoms with Crippen LogP contribution in [0.1, 0.15) is 19.3 Å². The molecule has 2 heterocycles. The minimum atomic E-state index is -0.296. The van der Waals surface area contributed by atoms with E-state index in [1.807, 2.05) is 4.90 Å². The van der Waals surface area contributed by atoms with E-state index >= 15 is 0 Å². The van der Waals surface area contributed by atoms with Crippen LogP contribution in [0.5, 0.6) is 0 Å². The van der Waals surface area contributed by atoms with Crippen molar-refractivity contribution in [1.82, 2.24) is 9.80 Å². The molecular formula is C11H20N2O2. The third-order valence-corrected chi connectivity index (χ3v) is 3.45. The number of carbonyl (C=O) groups excluding carboxylic acids is 1. The van der Waals surface area contributed by atoms with Crippen LogP contribution in [0.2, 0.25) is 0 Å². The van der Waals surface area contributed by atoms with E-state index in [0.717, 1.165) is 38.9 Å². The maximum absolute atomic E-state index is 12.1. The van der Waals surface area contributed by atoms with Crippen molar-refractivity contribution in [1.29, 1.82) is 0 Å². The molecule has 0 aliphatic carbocycles. The van der Waals surface area contributed by atoms with Crippen LogP contribution in [-0.2, 0) is 4.79 Å². The molecule has 2 saturated heterocycles. The quantitative estimate of drug-likeness (QED) is 0.661. The summed E-state index contributed by atoms with van der Waals surface area (Å²) in [7, 11) is 2.07. The molecule has 0 aromatic carbocycles. The number of aliphatic hydroxyl groups excluding tert-OH is 1. The minimum absolute atomic E-state index is 0.161. The van der Waals surface area contributed by atoms with Crippen LogP contribution in [-0.4, -0.2) is 60.1 Å². The molecule has 0 bridgehead atoms. The van der Waals surface area contributed by atoms with Crippen LogP contribution >= 0.6 is 0 Å². The predicted molar refractivity (Wildman–Crippen MR) is 57.4 cm³/mol. The van der Waals surface area contributed by atoms with Crippen molar-refractivity contribution in [3.63, 3.8) is 0 Å². The smallest absolute Gasteiger partial charge is 0.227 e. The fourth-order valence-electron chi connectivity index (χ4n) is 2.57. The van der Waals surface area contributed by atoms with Crippen LogP contribution in [0.3, 0.4) is 0 Å².